The van der Waals surface area contributed by atoms with Crippen LogP contribution < -0.4 is 10.1 Å². The molecule has 0 aromatic heterocycles. The highest BCUT2D eigenvalue weighted by Crippen LogP contribution is 2.16. The summed E-state index contributed by atoms with van der Waals surface area (Å²) in [5, 5.41) is 2.88. The van der Waals surface area contributed by atoms with Gasteiger partial charge >= 0.3 is 0 Å². The van der Waals surface area contributed by atoms with Crippen LogP contribution >= 0.6 is 22.6 Å². The molecule has 0 spiro atoms. The van der Waals surface area contributed by atoms with Crippen LogP contribution in [0.2, 0.25) is 0 Å². The highest BCUT2D eigenvalue weighted by atomic mass is 127. The second-order valence-corrected chi connectivity index (χ2v) is 6.29. The van der Waals surface area contributed by atoms with Crippen LogP contribution in [-0.4, -0.2) is 12.5 Å². The first-order valence-corrected chi connectivity index (χ1v) is 8.56. The molecule has 2 aromatic carbocycles. The highest BCUT2D eigenvalue weighted by Gasteiger charge is 2.06. The molecule has 4 heteroatoms. The van der Waals surface area contributed by atoms with Crippen molar-refractivity contribution in [3.05, 3.63) is 57.7 Å². The van der Waals surface area contributed by atoms with Gasteiger partial charge in [0, 0.05) is 14.8 Å². The fourth-order valence-electron chi connectivity index (χ4n) is 1.98. The molecule has 0 radical (unpaired) electrons. The summed E-state index contributed by atoms with van der Waals surface area (Å²) in [6.45, 7) is 2.89. The van der Waals surface area contributed by atoms with Crippen LogP contribution in [-0.2, 0) is 0 Å². The standard InChI is InChI=1S/C18H20INO2/c1-2-3-4-13-22-17-11-5-14(6-12-17)18(21)20-16-9-7-15(19)8-10-16/h5-12H,2-4,13H2,1H3,(H,20,21). The molecule has 0 atom stereocenters. The number of nitrogens with one attached hydrogen (secondary N) is 1. The highest BCUT2D eigenvalue weighted by molar-refractivity contribution is 14.1. The maximum atomic E-state index is 12.2. The fraction of sp³-hybridized carbons (Fsp3) is 0.278. The second kappa shape index (κ2) is 8.78. The minimum absolute atomic E-state index is 0.112. The SMILES string of the molecule is CCCCCOc1ccc(C(=O)Nc2ccc(I)cc2)cc1. The molecule has 3 nitrogen and oxygen atoms in total. The fourth-order valence-corrected chi connectivity index (χ4v) is 2.34. The molecule has 22 heavy (non-hydrogen) atoms. The minimum atomic E-state index is -0.112. The van der Waals surface area contributed by atoms with E-state index >= 15 is 0 Å². The third-order valence-electron chi connectivity index (χ3n) is 3.24. The third kappa shape index (κ3) is 5.33. The van der Waals surface area contributed by atoms with Gasteiger partial charge in [-0.3, -0.25) is 4.79 Å². The zero-order chi connectivity index (χ0) is 15.8. The van der Waals surface area contributed by atoms with E-state index in [0.717, 1.165) is 28.0 Å². The first kappa shape index (κ1) is 16.8. The van der Waals surface area contributed by atoms with E-state index in [4.69, 9.17) is 4.74 Å². The van der Waals surface area contributed by atoms with Crippen LogP contribution in [0, 0.1) is 3.57 Å². The van der Waals surface area contributed by atoms with E-state index in [1.54, 1.807) is 12.1 Å². The summed E-state index contributed by atoms with van der Waals surface area (Å²) >= 11 is 2.23. The molecule has 2 aromatic rings. The lowest BCUT2D eigenvalue weighted by atomic mass is 10.2. The maximum Gasteiger partial charge on any atom is 0.255 e. The zero-order valence-electron chi connectivity index (χ0n) is 12.6. The average Bonchev–Trinajstić information content (AvgIpc) is 2.54. The van der Waals surface area contributed by atoms with Crippen LogP contribution in [0.5, 0.6) is 5.75 Å². The molecular formula is C18H20INO2. The topological polar surface area (TPSA) is 38.3 Å². The molecule has 0 bridgehead atoms. The summed E-state index contributed by atoms with van der Waals surface area (Å²) in [5.74, 6) is 0.695. The Kier molecular flexibility index (Phi) is 6.71. The third-order valence-corrected chi connectivity index (χ3v) is 3.95. The van der Waals surface area contributed by atoms with Crippen molar-refractivity contribution in [2.75, 3.05) is 11.9 Å². The van der Waals surface area contributed by atoms with Gasteiger partial charge < -0.3 is 10.1 Å². The minimum Gasteiger partial charge on any atom is -0.494 e. The number of carbonyl (C=O) groups excluding carboxylic acids is 1. The first-order chi connectivity index (χ1) is 10.7. The lowest BCUT2D eigenvalue weighted by Crippen LogP contribution is -2.11. The molecule has 116 valence electrons. The van der Waals surface area contributed by atoms with Gasteiger partial charge in [-0.2, -0.15) is 0 Å². The number of unbranched alkanes of at least 4 members (excludes halogenated alkanes) is 2. The summed E-state index contributed by atoms with van der Waals surface area (Å²) in [6.07, 6.45) is 3.42. The largest absolute Gasteiger partial charge is 0.494 e. The quantitative estimate of drug-likeness (QED) is 0.510. The van der Waals surface area contributed by atoms with Crippen LogP contribution in [0.1, 0.15) is 36.5 Å². The van der Waals surface area contributed by atoms with Crippen LogP contribution in [0.3, 0.4) is 0 Å². The molecule has 2 rings (SSSR count). The first-order valence-electron chi connectivity index (χ1n) is 7.49. The summed E-state index contributed by atoms with van der Waals surface area (Å²) in [6, 6.07) is 15.0. The van der Waals surface area contributed by atoms with Crippen molar-refractivity contribution >= 4 is 34.2 Å². The summed E-state index contributed by atoms with van der Waals surface area (Å²) in [5.41, 5.74) is 1.42. The Morgan fingerprint density at radius 3 is 2.36 bits per heavy atom. The van der Waals surface area contributed by atoms with E-state index in [-0.39, 0.29) is 5.91 Å². The predicted octanol–water partition coefficient (Wildman–Crippen LogP) is 5.11. The smallest absolute Gasteiger partial charge is 0.255 e. The van der Waals surface area contributed by atoms with E-state index in [9.17, 15) is 4.79 Å². The van der Waals surface area contributed by atoms with Crippen LogP contribution in [0.25, 0.3) is 0 Å². The van der Waals surface area contributed by atoms with Crippen LogP contribution in [0.4, 0.5) is 5.69 Å². The number of benzene rings is 2. The van der Waals surface area contributed by atoms with Gasteiger partial charge in [0.25, 0.3) is 5.91 Å². The number of hydrogen-bond donors (Lipinski definition) is 1. The Balaban J connectivity index is 1.89. The van der Waals surface area contributed by atoms with Gasteiger partial charge in [0.05, 0.1) is 6.61 Å². The van der Waals surface area contributed by atoms with Gasteiger partial charge in [-0.15, -0.1) is 0 Å². The van der Waals surface area contributed by atoms with E-state index in [0.29, 0.717) is 5.56 Å². The Bertz CT molecular complexity index is 593. The number of carbonyl (C=O) groups is 1. The van der Waals surface area contributed by atoms with Gasteiger partial charge in [-0.1, -0.05) is 19.8 Å². The van der Waals surface area contributed by atoms with E-state index in [2.05, 4.69) is 34.8 Å². The average molecular weight is 409 g/mol. The Hall–Kier alpha value is -1.56. The van der Waals surface area contributed by atoms with Gasteiger partial charge in [0.15, 0.2) is 0 Å². The van der Waals surface area contributed by atoms with Crippen molar-refractivity contribution in [3.63, 3.8) is 0 Å². The van der Waals surface area contributed by atoms with Crippen molar-refractivity contribution in [2.24, 2.45) is 0 Å². The lowest BCUT2D eigenvalue weighted by Gasteiger charge is -2.08. The molecule has 0 fully saturated rings. The lowest BCUT2D eigenvalue weighted by molar-refractivity contribution is 0.102. The molecule has 1 N–H and O–H groups in total. The summed E-state index contributed by atoms with van der Waals surface area (Å²) in [4.78, 5) is 12.2. The van der Waals surface area contributed by atoms with Gasteiger partial charge in [-0.25, -0.2) is 0 Å². The van der Waals surface area contributed by atoms with E-state index in [1.165, 1.54) is 12.8 Å². The zero-order valence-corrected chi connectivity index (χ0v) is 14.8. The monoisotopic (exact) mass is 409 g/mol. The molecule has 0 unspecified atom stereocenters. The predicted molar refractivity (Wildman–Crippen MR) is 98.6 cm³/mol. The van der Waals surface area contributed by atoms with E-state index in [1.807, 2.05) is 36.4 Å². The van der Waals surface area contributed by atoms with Crippen molar-refractivity contribution < 1.29 is 9.53 Å². The normalized spacial score (nSPS) is 10.3. The molecular weight excluding hydrogens is 389 g/mol. The number of rotatable bonds is 7. The Labute approximate surface area is 145 Å². The van der Waals surface area contributed by atoms with Crippen molar-refractivity contribution in [1.82, 2.24) is 0 Å². The van der Waals surface area contributed by atoms with Gasteiger partial charge in [0.1, 0.15) is 5.75 Å². The number of halogens is 1. The summed E-state index contributed by atoms with van der Waals surface area (Å²) in [7, 11) is 0. The number of amides is 1. The van der Waals surface area contributed by atoms with Gasteiger partial charge in [0.2, 0.25) is 0 Å². The molecule has 0 aliphatic carbocycles. The van der Waals surface area contributed by atoms with Crippen molar-refractivity contribution in [3.8, 4) is 5.75 Å². The molecule has 0 heterocycles. The Morgan fingerprint density at radius 1 is 1.05 bits per heavy atom. The molecule has 0 aliphatic rings. The second-order valence-electron chi connectivity index (χ2n) is 5.04. The van der Waals surface area contributed by atoms with Crippen LogP contribution in [0.15, 0.2) is 48.5 Å². The molecule has 0 saturated carbocycles. The molecule has 1 amide bonds. The number of anilines is 1. The van der Waals surface area contributed by atoms with E-state index < -0.39 is 0 Å². The van der Waals surface area contributed by atoms with Crippen molar-refractivity contribution in [1.29, 1.82) is 0 Å². The maximum absolute atomic E-state index is 12.2. The van der Waals surface area contributed by atoms with Gasteiger partial charge in [-0.05, 0) is 77.5 Å². The Morgan fingerprint density at radius 2 is 1.73 bits per heavy atom. The van der Waals surface area contributed by atoms with Crippen molar-refractivity contribution in [2.45, 2.75) is 26.2 Å². The molecule has 0 aliphatic heterocycles. The molecule has 0 saturated heterocycles. The summed E-state index contributed by atoms with van der Waals surface area (Å²) < 4.78 is 6.78. The number of ether oxygens (including phenoxy) is 1. The number of hydrogen-bond acceptors (Lipinski definition) is 2.